The summed E-state index contributed by atoms with van der Waals surface area (Å²) in [6, 6.07) is 12.2. The molecule has 2 aromatic heterocycles. The Kier molecular flexibility index (Phi) is 4.15. The molecule has 6 heteroatoms. The average molecular weight is 367 g/mol. The maximum atomic E-state index is 12.4. The summed E-state index contributed by atoms with van der Waals surface area (Å²) in [6.07, 6.45) is 0.880. The van der Waals surface area contributed by atoms with E-state index in [9.17, 15) is 4.79 Å². The van der Waals surface area contributed by atoms with Gasteiger partial charge in [-0.05, 0) is 46.1 Å². The fourth-order valence-corrected chi connectivity index (χ4v) is 3.92. The van der Waals surface area contributed by atoms with Gasteiger partial charge in [-0.1, -0.05) is 39.0 Å². The summed E-state index contributed by atoms with van der Waals surface area (Å²) in [4.78, 5) is 17.9. The second kappa shape index (κ2) is 6.36. The molecule has 134 valence electrons. The molecule has 2 heterocycles. The molecule has 3 aromatic rings. The molecule has 0 saturated heterocycles. The van der Waals surface area contributed by atoms with Crippen LogP contribution in [0.2, 0.25) is 0 Å². The van der Waals surface area contributed by atoms with Crippen LogP contribution in [0.4, 0.5) is 5.95 Å². The van der Waals surface area contributed by atoms with E-state index in [0.29, 0.717) is 11.8 Å². The molecule has 0 aliphatic heterocycles. The quantitative estimate of drug-likeness (QED) is 0.716. The highest BCUT2D eigenvalue weighted by Crippen LogP contribution is 2.49. The SMILES string of the molecule is CC(C)(C)c1ccc(-c2nc(NC(=O)C3CC3c3cccs3)no2)cc1. The molecule has 4 rings (SSSR count). The zero-order valence-electron chi connectivity index (χ0n) is 15.0. The normalized spacial score (nSPS) is 19.3. The molecule has 1 fully saturated rings. The van der Waals surface area contributed by atoms with Crippen LogP contribution in [0.3, 0.4) is 0 Å². The maximum Gasteiger partial charge on any atom is 0.270 e. The van der Waals surface area contributed by atoms with Gasteiger partial charge >= 0.3 is 0 Å². The van der Waals surface area contributed by atoms with Crippen molar-refractivity contribution >= 4 is 23.2 Å². The monoisotopic (exact) mass is 367 g/mol. The van der Waals surface area contributed by atoms with Gasteiger partial charge in [-0.3, -0.25) is 10.1 Å². The number of carbonyl (C=O) groups is 1. The first-order chi connectivity index (χ1) is 12.4. The topological polar surface area (TPSA) is 68.0 Å². The van der Waals surface area contributed by atoms with E-state index in [0.717, 1.165) is 12.0 Å². The van der Waals surface area contributed by atoms with Crippen molar-refractivity contribution in [3.05, 3.63) is 52.2 Å². The number of nitrogens with zero attached hydrogens (tertiary/aromatic N) is 2. The summed E-state index contributed by atoms with van der Waals surface area (Å²) in [7, 11) is 0. The van der Waals surface area contributed by atoms with E-state index in [1.807, 2.05) is 23.6 Å². The molecular formula is C20H21N3O2S. The number of benzene rings is 1. The average Bonchev–Trinajstić information content (AvgIpc) is 3.02. The first-order valence-electron chi connectivity index (χ1n) is 8.71. The van der Waals surface area contributed by atoms with E-state index in [4.69, 9.17) is 4.52 Å². The Morgan fingerprint density at radius 3 is 2.65 bits per heavy atom. The molecule has 26 heavy (non-hydrogen) atoms. The lowest BCUT2D eigenvalue weighted by molar-refractivity contribution is -0.117. The van der Waals surface area contributed by atoms with Crippen molar-refractivity contribution < 1.29 is 9.32 Å². The number of hydrogen-bond donors (Lipinski definition) is 1. The Bertz CT molecular complexity index is 907. The number of thiophene rings is 1. The maximum absolute atomic E-state index is 12.4. The minimum atomic E-state index is -0.0427. The molecule has 1 saturated carbocycles. The zero-order chi connectivity index (χ0) is 18.3. The minimum absolute atomic E-state index is 0.00155. The number of rotatable bonds is 4. The van der Waals surface area contributed by atoms with Gasteiger partial charge in [-0.25, -0.2) is 0 Å². The Morgan fingerprint density at radius 2 is 2.00 bits per heavy atom. The van der Waals surface area contributed by atoms with Crippen molar-refractivity contribution in [2.45, 2.75) is 38.5 Å². The number of hydrogen-bond acceptors (Lipinski definition) is 5. The lowest BCUT2D eigenvalue weighted by Gasteiger charge is -2.18. The van der Waals surface area contributed by atoms with E-state index in [2.05, 4.69) is 54.4 Å². The molecule has 2 unspecified atom stereocenters. The Labute approximate surface area is 156 Å². The molecule has 1 N–H and O–H groups in total. The van der Waals surface area contributed by atoms with Gasteiger partial charge in [0.05, 0.1) is 0 Å². The molecular weight excluding hydrogens is 346 g/mol. The van der Waals surface area contributed by atoms with E-state index < -0.39 is 0 Å². The summed E-state index contributed by atoms with van der Waals surface area (Å²) in [5.74, 6) is 0.917. The molecule has 1 aliphatic carbocycles. The van der Waals surface area contributed by atoms with Gasteiger partial charge in [0.2, 0.25) is 5.91 Å². The van der Waals surface area contributed by atoms with Crippen LogP contribution < -0.4 is 5.32 Å². The van der Waals surface area contributed by atoms with Crippen LogP contribution in [0.1, 0.15) is 43.6 Å². The van der Waals surface area contributed by atoms with Crippen LogP contribution in [0, 0.1) is 5.92 Å². The number of nitrogens with one attached hydrogen (secondary N) is 1. The molecule has 0 spiro atoms. The van der Waals surface area contributed by atoms with Gasteiger partial charge in [0.15, 0.2) is 0 Å². The Hall–Kier alpha value is -2.47. The largest absolute Gasteiger partial charge is 0.332 e. The molecule has 2 atom stereocenters. The highest BCUT2D eigenvalue weighted by molar-refractivity contribution is 7.10. The summed E-state index contributed by atoms with van der Waals surface area (Å²) >= 11 is 1.70. The summed E-state index contributed by atoms with van der Waals surface area (Å²) in [5, 5.41) is 8.70. The standard InChI is InChI=1S/C20H21N3O2S/c1-20(2,3)13-8-6-12(7-9-13)18-22-19(23-25-18)21-17(24)15-11-14(15)16-5-4-10-26-16/h4-10,14-15H,11H2,1-3H3,(H,21,23,24). The number of aromatic nitrogens is 2. The van der Waals surface area contributed by atoms with Crippen molar-refractivity contribution in [1.82, 2.24) is 10.1 Å². The van der Waals surface area contributed by atoms with E-state index in [-0.39, 0.29) is 23.2 Å². The highest BCUT2D eigenvalue weighted by atomic mass is 32.1. The number of carbonyl (C=O) groups excluding carboxylic acids is 1. The van der Waals surface area contributed by atoms with Crippen LogP contribution >= 0.6 is 11.3 Å². The van der Waals surface area contributed by atoms with Crippen LogP contribution in [0.25, 0.3) is 11.5 Å². The summed E-state index contributed by atoms with van der Waals surface area (Å²) in [5.41, 5.74) is 2.17. The second-order valence-electron chi connectivity index (χ2n) is 7.70. The van der Waals surface area contributed by atoms with E-state index in [1.54, 1.807) is 11.3 Å². The first kappa shape index (κ1) is 17.0. The zero-order valence-corrected chi connectivity index (χ0v) is 15.8. The van der Waals surface area contributed by atoms with Gasteiger partial charge in [-0.15, -0.1) is 11.3 Å². The van der Waals surface area contributed by atoms with Gasteiger partial charge in [0.1, 0.15) is 0 Å². The summed E-state index contributed by atoms with van der Waals surface area (Å²) < 4.78 is 5.30. The predicted octanol–water partition coefficient (Wildman–Crippen LogP) is 4.84. The van der Waals surface area contributed by atoms with Gasteiger partial charge in [0, 0.05) is 22.3 Å². The molecule has 1 amide bonds. The molecule has 5 nitrogen and oxygen atoms in total. The smallest absolute Gasteiger partial charge is 0.270 e. The van der Waals surface area contributed by atoms with Crippen molar-refractivity contribution in [1.29, 1.82) is 0 Å². The highest BCUT2D eigenvalue weighted by Gasteiger charge is 2.44. The minimum Gasteiger partial charge on any atom is -0.332 e. The number of amides is 1. The van der Waals surface area contributed by atoms with Crippen LogP contribution in [-0.2, 0) is 10.2 Å². The van der Waals surface area contributed by atoms with Crippen LogP contribution in [0.15, 0.2) is 46.3 Å². The van der Waals surface area contributed by atoms with Gasteiger partial charge in [-0.2, -0.15) is 4.98 Å². The fourth-order valence-electron chi connectivity index (χ4n) is 3.01. The molecule has 0 bridgehead atoms. The van der Waals surface area contributed by atoms with Gasteiger partial charge in [0.25, 0.3) is 11.8 Å². The third-order valence-corrected chi connectivity index (χ3v) is 5.70. The number of anilines is 1. The molecule has 1 aromatic carbocycles. The first-order valence-corrected chi connectivity index (χ1v) is 9.59. The Morgan fingerprint density at radius 1 is 1.23 bits per heavy atom. The van der Waals surface area contributed by atoms with Gasteiger partial charge < -0.3 is 4.52 Å². The van der Waals surface area contributed by atoms with Crippen LogP contribution in [0.5, 0.6) is 0 Å². The van der Waals surface area contributed by atoms with E-state index >= 15 is 0 Å². The second-order valence-corrected chi connectivity index (χ2v) is 8.68. The van der Waals surface area contributed by atoms with Crippen LogP contribution in [-0.4, -0.2) is 16.0 Å². The van der Waals surface area contributed by atoms with Crippen molar-refractivity contribution in [3.63, 3.8) is 0 Å². The lowest BCUT2D eigenvalue weighted by atomic mass is 9.87. The van der Waals surface area contributed by atoms with E-state index in [1.165, 1.54) is 10.4 Å². The molecule has 1 aliphatic rings. The predicted molar refractivity (Wildman–Crippen MR) is 102 cm³/mol. The third-order valence-electron chi connectivity index (χ3n) is 4.69. The van der Waals surface area contributed by atoms with Crippen molar-refractivity contribution in [3.8, 4) is 11.5 Å². The van der Waals surface area contributed by atoms with Crippen molar-refractivity contribution in [2.24, 2.45) is 5.92 Å². The lowest BCUT2D eigenvalue weighted by Crippen LogP contribution is -2.15. The Balaban J connectivity index is 1.41. The fraction of sp³-hybridized carbons (Fsp3) is 0.350. The van der Waals surface area contributed by atoms with Crippen molar-refractivity contribution in [2.75, 3.05) is 5.32 Å². The summed E-state index contributed by atoms with van der Waals surface area (Å²) in [6.45, 7) is 6.51. The molecule has 0 radical (unpaired) electrons. The third kappa shape index (κ3) is 3.42.